The predicted octanol–water partition coefficient (Wildman–Crippen LogP) is 5.95. The molecule has 178 valence electrons. The van der Waals surface area contributed by atoms with Gasteiger partial charge in [0.25, 0.3) is 11.6 Å². The van der Waals surface area contributed by atoms with Crippen LogP contribution in [-0.4, -0.2) is 47.1 Å². The quantitative estimate of drug-likeness (QED) is 0.234. The Balaban J connectivity index is 1.22. The molecule has 2 aromatic carbocycles. The molecule has 35 heavy (non-hydrogen) atoms. The van der Waals surface area contributed by atoms with Crippen LogP contribution in [0.5, 0.6) is 0 Å². The van der Waals surface area contributed by atoms with Crippen LogP contribution in [-0.2, 0) is 4.79 Å². The Kier molecular flexibility index (Phi) is 6.55. The highest BCUT2D eigenvalue weighted by atomic mass is 35.5. The molecule has 0 radical (unpaired) electrons. The van der Waals surface area contributed by atoms with Crippen LogP contribution in [0, 0.1) is 10.1 Å². The number of aliphatic imine (C=N–C) groups is 1. The van der Waals surface area contributed by atoms with Crippen molar-refractivity contribution in [3.8, 4) is 11.3 Å². The minimum Gasteiger partial charge on any atom is -0.457 e. The van der Waals surface area contributed by atoms with E-state index in [1.165, 1.54) is 23.9 Å². The molecule has 1 fully saturated rings. The third-order valence-electron chi connectivity index (χ3n) is 5.68. The van der Waals surface area contributed by atoms with E-state index in [0.29, 0.717) is 63.4 Å². The first-order chi connectivity index (χ1) is 16.9. The number of anilines is 1. The molecule has 2 aliphatic rings. The molecular weight excluding hydrogens is 511 g/mol. The number of thioether (sulfide) groups is 1. The molecule has 1 amide bonds. The molecule has 2 aliphatic heterocycles. The van der Waals surface area contributed by atoms with Crippen molar-refractivity contribution in [1.82, 2.24) is 4.90 Å². The van der Waals surface area contributed by atoms with Gasteiger partial charge in [0.2, 0.25) is 0 Å². The maximum atomic E-state index is 12.5. The molecular formula is C24H18Cl2N4O4S. The number of non-ortho nitro benzene ring substituents is 1. The number of halogens is 2. The molecule has 0 atom stereocenters. The Hall–Kier alpha value is -3.27. The van der Waals surface area contributed by atoms with E-state index in [2.05, 4.69) is 14.8 Å². The topological polar surface area (TPSA) is 92.2 Å². The number of nitro groups is 1. The van der Waals surface area contributed by atoms with Gasteiger partial charge in [0.05, 0.1) is 14.9 Å². The molecule has 0 aliphatic carbocycles. The molecule has 3 heterocycles. The van der Waals surface area contributed by atoms with E-state index >= 15 is 0 Å². The third-order valence-corrected chi connectivity index (χ3v) is 7.27. The summed E-state index contributed by atoms with van der Waals surface area (Å²) < 4.78 is 5.88. The number of hydrogen-bond acceptors (Lipinski definition) is 7. The van der Waals surface area contributed by atoms with Crippen LogP contribution in [0.15, 0.2) is 68.9 Å². The van der Waals surface area contributed by atoms with Crippen LogP contribution in [0.1, 0.15) is 5.76 Å². The van der Waals surface area contributed by atoms with Gasteiger partial charge >= 0.3 is 0 Å². The lowest BCUT2D eigenvalue weighted by Gasteiger charge is -2.36. The molecule has 5 rings (SSSR count). The second-order valence-corrected chi connectivity index (χ2v) is 9.74. The Bertz CT molecular complexity index is 1360. The molecule has 0 spiro atoms. The van der Waals surface area contributed by atoms with E-state index in [9.17, 15) is 14.9 Å². The third kappa shape index (κ3) is 5.07. The van der Waals surface area contributed by atoms with Crippen LogP contribution in [0.3, 0.4) is 0 Å². The average Bonchev–Trinajstić information content (AvgIpc) is 3.46. The lowest BCUT2D eigenvalue weighted by molar-refractivity contribution is -0.384. The van der Waals surface area contributed by atoms with Crippen LogP contribution in [0.4, 0.5) is 11.4 Å². The van der Waals surface area contributed by atoms with Crippen molar-refractivity contribution in [1.29, 1.82) is 0 Å². The van der Waals surface area contributed by atoms with E-state index in [4.69, 9.17) is 27.6 Å². The van der Waals surface area contributed by atoms with Gasteiger partial charge in [-0.15, -0.1) is 0 Å². The number of rotatable bonds is 4. The Labute approximate surface area is 215 Å². The monoisotopic (exact) mass is 528 g/mol. The molecule has 1 aromatic heterocycles. The summed E-state index contributed by atoms with van der Waals surface area (Å²) in [5, 5.41) is 12.5. The summed E-state index contributed by atoms with van der Waals surface area (Å²) in [5.41, 5.74) is 1.72. The van der Waals surface area contributed by atoms with Crippen molar-refractivity contribution < 1.29 is 14.1 Å². The molecule has 3 aromatic rings. The van der Waals surface area contributed by atoms with Crippen molar-refractivity contribution in [3.63, 3.8) is 0 Å². The number of carbonyl (C=O) groups is 1. The van der Waals surface area contributed by atoms with Crippen molar-refractivity contribution in [3.05, 3.63) is 85.4 Å². The maximum Gasteiger partial charge on any atom is 0.286 e. The van der Waals surface area contributed by atoms with E-state index < -0.39 is 4.92 Å². The van der Waals surface area contributed by atoms with Gasteiger partial charge in [-0.3, -0.25) is 14.9 Å². The molecule has 8 nitrogen and oxygen atoms in total. The number of furan rings is 1. The standard InChI is InChI=1S/C24H18Cl2N4O4S/c25-15-1-7-19(20(26)13-15)21-8-6-18(34-21)14-22-23(31)27-24(35-22)29-11-9-28(10-12-29)16-2-4-17(5-3-16)30(32)33/h1-8,13-14H,9-12H2. The number of nitrogens with zero attached hydrogens (tertiary/aromatic N) is 4. The van der Waals surface area contributed by atoms with Crippen LogP contribution < -0.4 is 4.90 Å². The smallest absolute Gasteiger partial charge is 0.286 e. The van der Waals surface area contributed by atoms with E-state index in [1.54, 1.807) is 48.5 Å². The minimum atomic E-state index is -0.407. The number of amidine groups is 1. The maximum absolute atomic E-state index is 12.5. The predicted molar refractivity (Wildman–Crippen MR) is 139 cm³/mol. The van der Waals surface area contributed by atoms with Gasteiger partial charge < -0.3 is 14.2 Å². The van der Waals surface area contributed by atoms with Crippen LogP contribution in [0.25, 0.3) is 17.4 Å². The summed E-state index contributed by atoms with van der Waals surface area (Å²) in [7, 11) is 0. The van der Waals surface area contributed by atoms with E-state index in [0.717, 1.165) is 5.69 Å². The van der Waals surface area contributed by atoms with Crippen molar-refractivity contribution in [2.45, 2.75) is 0 Å². The molecule has 0 unspecified atom stereocenters. The highest BCUT2D eigenvalue weighted by Crippen LogP contribution is 2.35. The van der Waals surface area contributed by atoms with Crippen LogP contribution in [0.2, 0.25) is 10.0 Å². The first kappa shape index (κ1) is 23.5. The molecule has 11 heteroatoms. The molecule has 0 saturated carbocycles. The zero-order valence-electron chi connectivity index (χ0n) is 18.2. The Morgan fingerprint density at radius 1 is 1.00 bits per heavy atom. The van der Waals surface area contributed by atoms with E-state index in [1.807, 2.05) is 0 Å². The molecule has 0 bridgehead atoms. The first-order valence-electron chi connectivity index (χ1n) is 10.7. The molecule has 0 N–H and O–H groups in total. The lowest BCUT2D eigenvalue weighted by Crippen LogP contribution is -2.47. The zero-order valence-corrected chi connectivity index (χ0v) is 20.5. The zero-order chi connectivity index (χ0) is 24.5. The number of nitro benzene ring substituents is 1. The van der Waals surface area contributed by atoms with Crippen molar-refractivity contribution in [2.75, 3.05) is 31.1 Å². The largest absolute Gasteiger partial charge is 0.457 e. The number of carbonyl (C=O) groups excluding carboxylic acids is 1. The summed E-state index contributed by atoms with van der Waals surface area (Å²) in [6, 6.07) is 15.3. The normalized spacial score (nSPS) is 17.3. The van der Waals surface area contributed by atoms with Gasteiger partial charge in [-0.05, 0) is 54.2 Å². The average molecular weight is 529 g/mol. The summed E-state index contributed by atoms with van der Waals surface area (Å²) in [6.07, 6.45) is 1.68. The number of hydrogen-bond donors (Lipinski definition) is 0. The van der Waals surface area contributed by atoms with Crippen molar-refractivity contribution in [2.24, 2.45) is 4.99 Å². The number of piperazine rings is 1. The summed E-state index contributed by atoms with van der Waals surface area (Å²) in [4.78, 5) is 31.9. The summed E-state index contributed by atoms with van der Waals surface area (Å²) >= 11 is 13.6. The number of benzene rings is 2. The lowest BCUT2D eigenvalue weighted by atomic mass is 10.2. The number of amides is 1. The highest BCUT2D eigenvalue weighted by Gasteiger charge is 2.29. The van der Waals surface area contributed by atoms with E-state index in [-0.39, 0.29) is 11.6 Å². The summed E-state index contributed by atoms with van der Waals surface area (Å²) in [5.74, 6) is 0.809. The SMILES string of the molecule is O=C1N=C(N2CCN(c3ccc([N+](=O)[O-])cc3)CC2)SC1=Cc1ccc(-c2ccc(Cl)cc2Cl)o1. The van der Waals surface area contributed by atoms with Gasteiger partial charge in [0.1, 0.15) is 11.5 Å². The fraction of sp³-hybridized carbons (Fsp3) is 0.167. The van der Waals surface area contributed by atoms with Gasteiger partial charge in [-0.2, -0.15) is 4.99 Å². The van der Waals surface area contributed by atoms with Gasteiger partial charge in [0.15, 0.2) is 5.17 Å². The molecule has 1 saturated heterocycles. The highest BCUT2D eigenvalue weighted by molar-refractivity contribution is 8.18. The second-order valence-electron chi connectivity index (χ2n) is 7.88. The Morgan fingerprint density at radius 2 is 1.71 bits per heavy atom. The van der Waals surface area contributed by atoms with Crippen LogP contribution >= 0.6 is 35.0 Å². The van der Waals surface area contributed by atoms with Crippen molar-refractivity contribution >= 4 is 63.5 Å². The fourth-order valence-electron chi connectivity index (χ4n) is 3.87. The fourth-order valence-corrected chi connectivity index (χ4v) is 5.31. The van der Waals surface area contributed by atoms with Gasteiger partial charge in [0, 0.05) is 60.7 Å². The Morgan fingerprint density at radius 3 is 2.40 bits per heavy atom. The minimum absolute atomic E-state index is 0.0712. The van der Waals surface area contributed by atoms with Gasteiger partial charge in [-0.25, -0.2) is 0 Å². The van der Waals surface area contributed by atoms with Gasteiger partial charge in [-0.1, -0.05) is 23.2 Å². The second kappa shape index (κ2) is 9.77. The first-order valence-corrected chi connectivity index (χ1v) is 12.3. The summed E-state index contributed by atoms with van der Waals surface area (Å²) in [6.45, 7) is 2.80.